The van der Waals surface area contributed by atoms with Gasteiger partial charge in [-0.3, -0.25) is 0 Å². The van der Waals surface area contributed by atoms with Gasteiger partial charge in [-0.2, -0.15) is 0 Å². The molecule has 4 nitrogen and oxygen atoms in total. The Morgan fingerprint density at radius 3 is 2.41 bits per heavy atom. The summed E-state index contributed by atoms with van der Waals surface area (Å²) in [6.07, 6.45) is 2.81. The van der Waals surface area contributed by atoms with Gasteiger partial charge >= 0.3 is 0 Å². The van der Waals surface area contributed by atoms with Crippen molar-refractivity contribution < 1.29 is 14.6 Å². The highest BCUT2D eigenvalue weighted by Crippen LogP contribution is 2.38. The second-order valence-corrected chi connectivity index (χ2v) is 6.76. The van der Waals surface area contributed by atoms with E-state index in [1.54, 1.807) is 39.4 Å². The van der Waals surface area contributed by atoms with Crippen LogP contribution in [0.25, 0.3) is 0 Å². The SMILES string of the molecule is CCC(c1ccc(OC)c(OC)c1)c1cnc(C(C)(C)O)s1. The van der Waals surface area contributed by atoms with E-state index in [1.165, 1.54) is 0 Å². The molecule has 22 heavy (non-hydrogen) atoms. The number of aliphatic hydroxyl groups is 1. The zero-order valence-corrected chi connectivity index (χ0v) is 14.5. The second kappa shape index (κ2) is 6.67. The van der Waals surface area contributed by atoms with E-state index in [4.69, 9.17) is 9.47 Å². The summed E-state index contributed by atoms with van der Waals surface area (Å²) in [6.45, 7) is 5.66. The van der Waals surface area contributed by atoms with Crippen LogP contribution in [0.2, 0.25) is 0 Å². The highest BCUT2D eigenvalue weighted by Gasteiger charge is 2.23. The molecule has 1 unspecified atom stereocenters. The van der Waals surface area contributed by atoms with Crippen LogP contribution in [-0.2, 0) is 5.60 Å². The molecule has 5 heteroatoms. The molecule has 0 radical (unpaired) electrons. The Morgan fingerprint density at radius 2 is 1.91 bits per heavy atom. The zero-order chi connectivity index (χ0) is 16.3. The molecule has 0 aliphatic heterocycles. The van der Waals surface area contributed by atoms with Crippen molar-refractivity contribution in [2.24, 2.45) is 0 Å². The molecule has 0 spiro atoms. The number of nitrogens with zero attached hydrogens (tertiary/aromatic N) is 1. The van der Waals surface area contributed by atoms with Crippen LogP contribution in [0.1, 0.15) is 48.6 Å². The number of methoxy groups -OCH3 is 2. The van der Waals surface area contributed by atoms with E-state index < -0.39 is 5.60 Å². The lowest BCUT2D eigenvalue weighted by Gasteiger charge is -2.16. The van der Waals surface area contributed by atoms with Crippen molar-refractivity contribution in [3.63, 3.8) is 0 Å². The van der Waals surface area contributed by atoms with E-state index in [2.05, 4.69) is 18.0 Å². The number of benzene rings is 1. The minimum atomic E-state index is -0.904. The molecule has 0 bridgehead atoms. The van der Waals surface area contributed by atoms with Crippen molar-refractivity contribution in [1.82, 2.24) is 4.98 Å². The molecule has 1 N–H and O–H groups in total. The lowest BCUT2D eigenvalue weighted by Crippen LogP contribution is -2.14. The Morgan fingerprint density at radius 1 is 1.23 bits per heavy atom. The Bertz CT molecular complexity index is 631. The monoisotopic (exact) mass is 321 g/mol. The van der Waals surface area contributed by atoms with Crippen LogP contribution in [-0.4, -0.2) is 24.3 Å². The molecule has 0 amide bonds. The second-order valence-electron chi connectivity index (χ2n) is 5.70. The van der Waals surface area contributed by atoms with Crippen LogP contribution in [0.3, 0.4) is 0 Å². The molecule has 120 valence electrons. The summed E-state index contributed by atoms with van der Waals surface area (Å²) < 4.78 is 10.7. The summed E-state index contributed by atoms with van der Waals surface area (Å²) in [5.74, 6) is 1.68. The molecule has 2 rings (SSSR count). The quantitative estimate of drug-likeness (QED) is 0.876. The Kier molecular flexibility index (Phi) is 5.08. The van der Waals surface area contributed by atoms with Gasteiger partial charge in [-0.25, -0.2) is 4.98 Å². The van der Waals surface area contributed by atoms with Crippen molar-refractivity contribution in [3.05, 3.63) is 39.8 Å². The fraction of sp³-hybridized carbons (Fsp3) is 0.471. The maximum Gasteiger partial charge on any atom is 0.161 e. The third kappa shape index (κ3) is 3.42. The van der Waals surface area contributed by atoms with E-state index in [-0.39, 0.29) is 5.92 Å². The molecule has 0 saturated heterocycles. The lowest BCUT2D eigenvalue weighted by atomic mass is 9.95. The molecule has 0 saturated carbocycles. The van der Waals surface area contributed by atoms with Gasteiger partial charge in [0, 0.05) is 17.0 Å². The normalized spacial score (nSPS) is 13.0. The number of rotatable bonds is 6. The van der Waals surface area contributed by atoms with Gasteiger partial charge in [0.05, 0.1) is 14.2 Å². The molecule has 2 aromatic rings. The average Bonchev–Trinajstić information content (AvgIpc) is 2.97. The summed E-state index contributed by atoms with van der Waals surface area (Å²) in [5, 5.41) is 10.8. The first-order valence-corrected chi connectivity index (χ1v) is 8.12. The summed E-state index contributed by atoms with van der Waals surface area (Å²) in [4.78, 5) is 5.52. The maximum absolute atomic E-state index is 10.1. The summed E-state index contributed by atoms with van der Waals surface area (Å²) >= 11 is 1.56. The van der Waals surface area contributed by atoms with Crippen molar-refractivity contribution in [2.45, 2.75) is 38.7 Å². The summed E-state index contributed by atoms with van der Waals surface area (Å²) in [7, 11) is 3.27. The van der Waals surface area contributed by atoms with Crippen LogP contribution in [0.4, 0.5) is 0 Å². The fourth-order valence-corrected chi connectivity index (χ4v) is 3.53. The van der Waals surface area contributed by atoms with Crippen molar-refractivity contribution in [1.29, 1.82) is 0 Å². The summed E-state index contributed by atoms with van der Waals surface area (Å²) in [5.41, 5.74) is 0.254. The van der Waals surface area contributed by atoms with Crippen molar-refractivity contribution in [3.8, 4) is 11.5 Å². The highest BCUT2D eigenvalue weighted by molar-refractivity contribution is 7.11. The largest absolute Gasteiger partial charge is 0.493 e. The molecule has 0 aliphatic rings. The van der Waals surface area contributed by atoms with Crippen LogP contribution < -0.4 is 9.47 Å². The molecule has 0 fully saturated rings. The fourth-order valence-electron chi connectivity index (χ4n) is 2.40. The molecule has 1 aromatic heterocycles. The number of ether oxygens (including phenoxy) is 2. The van der Waals surface area contributed by atoms with Gasteiger partial charge in [0.1, 0.15) is 10.6 Å². The van der Waals surface area contributed by atoms with Crippen LogP contribution in [0.5, 0.6) is 11.5 Å². The summed E-state index contributed by atoms with van der Waals surface area (Å²) in [6, 6.07) is 5.99. The van der Waals surface area contributed by atoms with Gasteiger partial charge in [0.25, 0.3) is 0 Å². The average molecular weight is 321 g/mol. The zero-order valence-electron chi connectivity index (χ0n) is 13.7. The predicted octanol–water partition coefficient (Wildman–Crippen LogP) is 3.93. The van der Waals surface area contributed by atoms with Crippen LogP contribution in [0.15, 0.2) is 24.4 Å². The highest BCUT2D eigenvalue weighted by atomic mass is 32.1. The number of hydrogen-bond donors (Lipinski definition) is 1. The van der Waals surface area contributed by atoms with Gasteiger partial charge < -0.3 is 14.6 Å². The van der Waals surface area contributed by atoms with Gasteiger partial charge in [0.2, 0.25) is 0 Å². The van der Waals surface area contributed by atoms with Gasteiger partial charge in [-0.1, -0.05) is 13.0 Å². The Hall–Kier alpha value is -1.59. The van der Waals surface area contributed by atoms with E-state index in [0.717, 1.165) is 33.4 Å². The predicted molar refractivity (Wildman–Crippen MR) is 89.0 cm³/mol. The molecule has 1 heterocycles. The van der Waals surface area contributed by atoms with Crippen LogP contribution in [0, 0.1) is 0 Å². The van der Waals surface area contributed by atoms with Gasteiger partial charge in [-0.15, -0.1) is 11.3 Å². The molecule has 1 aromatic carbocycles. The topological polar surface area (TPSA) is 51.6 Å². The van der Waals surface area contributed by atoms with E-state index in [0.29, 0.717) is 0 Å². The number of thiazole rings is 1. The first-order chi connectivity index (χ1) is 10.4. The smallest absolute Gasteiger partial charge is 0.161 e. The third-order valence-electron chi connectivity index (χ3n) is 3.61. The molecule has 1 atom stereocenters. The number of hydrogen-bond acceptors (Lipinski definition) is 5. The first-order valence-electron chi connectivity index (χ1n) is 7.31. The minimum Gasteiger partial charge on any atom is -0.493 e. The Labute approximate surface area is 135 Å². The van der Waals surface area contributed by atoms with Crippen LogP contribution >= 0.6 is 11.3 Å². The van der Waals surface area contributed by atoms with Crippen molar-refractivity contribution in [2.75, 3.05) is 14.2 Å². The van der Waals surface area contributed by atoms with Gasteiger partial charge in [-0.05, 0) is 38.0 Å². The minimum absolute atomic E-state index is 0.230. The molecular weight excluding hydrogens is 298 g/mol. The van der Waals surface area contributed by atoms with Gasteiger partial charge in [0.15, 0.2) is 11.5 Å². The maximum atomic E-state index is 10.1. The first kappa shape index (κ1) is 16.8. The van der Waals surface area contributed by atoms with E-state index in [1.807, 2.05) is 18.3 Å². The van der Waals surface area contributed by atoms with E-state index >= 15 is 0 Å². The molecular formula is C17H23NO3S. The lowest BCUT2D eigenvalue weighted by molar-refractivity contribution is 0.0783. The standard InChI is InChI=1S/C17H23NO3S/c1-6-12(15-10-18-16(22-15)17(2,3)19)11-7-8-13(20-4)14(9-11)21-5/h7-10,12,19H,6H2,1-5H3. The van der Waals surface area contributed by atoms with E-state index in [9.17, 15) is 5.11 Å². The third-order valence-corrected chi connectivity index (χ3v) is 5.03. The number of aromatic nitrogens is 1. The molecule has 0 aliphatic carbocycles. The Balaban J connectivity index is 2.38. The van der Waals surface area contributed by atoms with Crippen molar-refractivity contribution >= 4 is 11.3 Å².